The van der Waals surface area contributed by atoms with Crippen molar-refractivity contribution in [3.8, 4) is 0 Å². The molecule has 20 heavy (non-hydrogen) atoms. The maximum Gasteiger partial charge on any atom is 0.321 e. The third-order valence-corrected chi connectivity index (χ3v) is 5.02. The van der Waals surface area contributed by atoms with Crippen molar-refractivity contribution in [2.75, 3.05) is 0 Å². The number of sulfonamides is 1. The average molecular weight is 361 g/mol. The first-order chi connectivity index (χ1) is 9.19. The largest absolute Gasteiger partial charge is 0.480 e. The van der Waals surface area contributed by atoms with Gasteiger partial charge >= 0.3 is 5.97 Å². The summed E-state index contributed by atoms with van der Waals surface area (Å²) in [5.41, 5.74) is 0. The van der Waals surface area contributed by atoms with Crippen molar-refractivity contribution in [2.45, 2.75) is 30.7 Å². The average Bonchev–Trinajstić information content (AvgIpc) is 2.25. The molecule has 0 amide bonds. The Morgan fingerprint density at radius 1 is 1.30 bits per heavy atom. The van der Waals surface area contributed by atoms with E-state index in [1.54, 1.807) is 6.92 Å². The van der Waals surface area contributed by atoms with E-state index < -0.39 is 22.0 Å². The molecule has 0 unspecified atom stereocenters. The molecule has 0 saturated heterocycles. The van der Waals surface area contributed by atoms with Gasteiger partial charge in [-0.2, -0.15) is 4.72 Å². The summed E-state index contributed by atoms with van der Waals surface area (Å²) in [6.45, 7) is 1.74. The van der Waals surface area contributed by atoms with Gasteiger partial charge in [0.1, 0.15) is 10.9 Å². The summed E-state index contributed by atoms with van der Waals surface area (Å²) in [6.07, 6.45) is 0.652. The summed E-state index contributed by atoms with van der Waals surface area (Å²) in [7, 11) is -4.16. The van der Waals surface area contributed by atoms with Crippen molar-refractivity contribution in [1.82, 2.24) is 4.72 Å². The van der Waals surface area contributed by atoms with Gasteiger partial charge in [0, 0.05) is 5.02 Å². The molecule has 0 heterocycles. The molecule has 1 aromatic carbocycles. The highest BCUT2D eigenvalue weighted by molar-refractivity contribution is 7.89. The highest BCUT2D eigenvalue weighted by Gasteiger charge is 2.28. The molecule has 0 aliphatic rings. The third kappa shape index (κ3) is 4.23. The van der Waals surface area contributed by atoms with E-state index in [-0.39, 0.29) is 26.4 Å². The Balaban J connectivity index is 3.20. The smallest absolute Gasteiger partial charge is 0.321 e. The number of carboxylic acid groups (broad SMARTS) is 1. The van der Waals surface area contributed by atoms with Gasteiger partial charge in [-0.25, -0.2) is 8.42 Å². The second kappa shape index (κ2) is 6.95. The molecule has 0 bridgehead atoms. The van der Waals surface area contributed by atoms with Gasteiger partial charge in [0.2, 0.25) is 10.0 Å². The van der Waals surface area contributed by atoms with E-state index in [4.69, 9.17) is 39.9 Å². The van der Waals surface area contributed by atoms with E-state index in [2.05, 4.69) is 4.72 Å². The highest BCUT2D eigenvalue weighted by Crippen LogP contribution is 2.32. The van der Waals surface area contributed by atoms with E-state index in [0.29, 0.717) is 6.42 Å². The topological polar surface area (TPSA) is 83.5 Å². The molecule has 0 spiro atoms. The molecule has 0 aliphatic heterocycles. The summed E-state index contributed by atoms with van der Waals surface area (Å²) in [5.74, 6) is -1.27. The third-order valence-electron chi connectivity index (χ3n) is 2.40. The van der Waals surface area contributed by atoms with Crippen LogP contribution in [0.15, 0.2) is 17.0 Å². The Labute approximate surface area is 131 Å². The molecule has 0 fully saturated rings. The minimum atomic E-state index is -4.16. The van der Waals surface area contributed by atoms with Crippen molar-refractivity contribution in [1.29, 1.82) is 0 Å². The molecule has 112 valence electrons. The summed E-state index contributed by atoms with van der Waals surface area (Å²) in [5, 5.41) is 8.82. The van der Waals surface area contributed by atoms with Crippen molar-refractivity contribution in [3.05, 3.63) is 27.2 Å². The predicted octanol–water partition coefficient (Wildman–Crippen LogP) is 3.18. The normalized spacial score (nSPS) is 13.2. The molecule has 0 radical (unpaired) electrons. The summed E-state index contributed by atoms with van der Waals surface area (Å²) >= 11 is 17.3. The number of halogens is 3. The number of carbonyl (C=O) groups is 1. The van der Waals surface area contributed by atoms with Gasteiger partial charge in [0.25, 0.3) is 0 Å². The molecule has 1 aromatic rings. The van der Waals surface area contributed by atoms with Crippen molar-refractivity contribution >= 4 is 50.8 Å². The van der Waals surface area contributed by atoms with Crippen LogP contribution in [0, 0.1) is 0 Å². The molecule has 5 nitrogen and oxygen atoms in total. The Kier molecular flexibility index (Phi) is 6.09. The second-order valence-electron chi connectivity index (χ2n) is 4.00. The van der Waals surface area contributed by atoms with Gasteiger partial charge < -0.3 is 5.11 Å². The van der Waals surface area contributed by atoms with E-state index in [1.807, 2.05) is 0 Å². The highest BCUT2D eigenvalue weighted by atomic mass is 35.5. The number of hydrogen-bond acceptors (Lipinski definition) is 3. The molecule has 9 heteroatoms. The maximum atomic E-state index is 12.2. The Morgan fingerprint density at radius 2 is 1.80 bits per heavy atom. The van der Waals surface area contributed by atoms with Crippen molar-refractivity contribution in [2.24, 2.45) is 0 Å². The zero-order valence-corrected chi connectivity index (χ0v) is 13.4. The van der Waals surface area contributed by atoms with Crippen molar-refractivity contribution < 1.29 is 18.3 Å². The van der Waals surface area contributed by atoms with Crippen LogP contribution in [0.5, 0.6) is 0 Å². The Hall–Kier alpha value is -0.530. The lowest BCUT2D eigenvalue weighted by atomic mass is 10.2. The molecule has 1 atom stereocenters. The van der Waals surface area contributed by atoms with Crippen LogP contribution in [0.4, 0.5) is 0 Å². The molecule has 2 N–H and O–H groups in total. The van der Waals surface area contributed by atoms with Gasteiger partial charge in [0.15, 0.2) is 0 Å². The number of aliphatic carboxylic acids is 1. The second-order valence-corrected chi connectivity index (χ2v) is 6.90. The standard InChI is InChI=1S/C11H12Cl3NO4S/c1-2-3-9(11(16)17)15-20(18,19)10-7(13)4-6(12)5-8(10)14/h4-5,9,15H,2-3H2,1H3,(H,16,17)/t9-/m1/s1. The molecule has 0 saturated carbocycles. The minimum absolute atomic E-state index is 0.150. The van der Waals surface area contributed by atoms with Crippen LogP contribution in [-0.4, -0.2) is 25.5 Å². The first-order valence-electron chi connectivity index (χ1n) is 5.58. The fourth-order valence-electron chi connectivity index (χ4n) is 1.55. The zero-order chi connectivity index (χ0) is 15.5. The van der Waals surface area contributed by atoms with Crippen LogP contribution < -0.4 is 4.72 Å². The van der Waals surface area contributed by atoms with Gasteiger partial charge in [-0.3, -0.25) is 4.79 Å². The van der Waals surface area contributed by atoms with Gasteiger partial charge in [0.05, 0.1) is 10.0 Å². The maximum absolute atomic E-state index is 12.2. The molecular formula is C11H12Cl3NO4S. The van der Waals surface area contributed by atoms with Gasteiger partial charge in [-0.05, 0) is 18.6 Å². The molecular weight excluding hydrogens is 349 g/mol. The molecule has 0 aliphatic carbocycles. The van der Waals surface area contributed by atoms with Crippen LogP contribution in [0.2, 0.25) is 15.1 Å². The Bertz CT molecular complexity index is 595. The SMILES string of the molecule is CCC[C@@H](NS(=O)(=O)c1c(Cl)cc(Cl)cc1Cl)C(=O)O. The van der Waals surface area contributed by atoms with Crippen LogP contribution in [0.3, 0.4) is 0 Å². The first kappa shape index (κ1) is 17.5. The minimum Gasteiger partial charge on any atom is -0.480 e. The number of carboxylic acids is 1. The first-order valence-corrected chi connectivity index (χ1v) is 8.20. The van der Waals surface area contributed by atoms with Gasteiger partial charge in [-0.1, -0.05) is 48.1 Å². The zero-order valence-electron chi connectivity index (χ0n) is 10.4. The number of rotatable bonds is 6. The quantitative estimate of drug-likeness (QED) is 0.816. The Morgan fingerprint density at radius 3 is 2.20 bits per heavy atom. The molecule has 0 aromatic heterocycles. The number of nitrogens with one attached hydrogen (secondary N) is 1. The van der Waals surface area contributed by atoms with E-state index in [1.165, 1.54) is 12.1 Å². The van der Waals surface area contributed by atoms with Crippen LogP contribution in [0.25, 0.3) is 0 Å². The fourth-order valence-corrected chi connectivity index (χ4v) is 4.32. The summed E-state index contributed by atoms with van der Waals surface area (Å²) in [6, 6.07) is 1.20. The fraction of sp³-hybridized carbons (Fsp3) is 0.364. The van der Waals surface area contributed by atoms with Crippen molar-refractivity contribution in [3.63, 3.8) is 0 Å². The molecule has 1 rings (SSSR count). The number of benzene rings is 1. The predicted molar refractivity (Wildman–Crippen MR) is 78.1 cm³/mol. The van der Waals surface area contributed by atoms with E-state index in [0.717, 1.165) is 0 Å². The monoisotopic (exact) mass is 359 g/mol. The van der Waals surface area contributed by atoms with E-state index >= 15 is 0 Å². The summed E-state index contributed by atoms with van der Waals surface area (Å²) in [4.78, 5) is 10.6. The summed E-state index contributed by atoms with van der Waals surface area (Å²) < 4.78 is 26.4. The number of hydrogen-bond donors (Lipinski definition) is 2. The lowest BCUT2D eigenvalue weighted by Gasteiger charge is -2.15. The van der Waals surface area contributed by atoms with Crippen LogP contribution in [0.1, 0.15) is 19.8 Å². The lowest BCUT2D eigenvalue weighted by molar-refractivity contribution is -0.139. The van der Waals surface area contributed by atoms with Crippen LogP contribution in [-0.2, 0) is 14.8 Å². The van der Waals surface area contributed by atoms with Crippen LogP contribution >= 0.6 is 34.8 Å². The van der Waals surface area contributed by atoms with E-state index in [9.17, 15) is 13.2 Å². The lowest BCUT2D eigenvalue weighted by Crippen LogP contribution is -2.40. The van der Waals surface area contributed by atoms with Gasteiger partial charge in [-0.15, -0.1) is 0 Å².